The van der Waals surface area contributed by atoms with Gasteiger partial charge in [-0.15, -0.1) is 0 Å². The Morgan fingerprint density at radius 2 is 2.00 bits per heavy atom. The Morgan fingerprint density at radius 1 is 1.41 bits per heavy atom. The summed E-state index contributed by atoms with van der Waals surface area (Å²) < 4.78 is 5.10. The first-order valence-electron chi connectivity index (χ1n) is 5.28. The zero-order valence-corrected chi connectivity index (χ0v) is 11.1. The molecule has 6 heteroatoms. The maximum Gasteiger partial charge on any atom is 0.407 e. The number of hydrogen-bond acceptors (Lipinski definition) is 5. The van der Waals surface area contributed by atoms with Gasteiger partial charge in [-0.05, 0) is 20.8 Å². The third-order valence-corrected chi connectivity index (χ3v) is 2.02. The van der Waals surface area contributed by atoms with Crippen molar-refractivity contribution in [2.45, 2.75) is 38.7 Å². The van der Waals surface area contributed by atoms with Crippen molar-refractivity contribution >= 4 is 18.7 Å². The molecule has 0 saturated carbocycles. The number of amides is 1. The number of carbonyl (C=O) groups excluding carboxylic acids is 1. The van der Waals surface area contributed by atoms with Gasteiger partial charge in [-0.3, -0.25) is 0 Å². The van der Waals surface area contributed by atoms with Gasteiger partial charge in [0.05, 0.1) is 5.75 Å². The van der Waals surface area contributed by atoms with Gasteiger partial charge in [0.2, 0.25) is 0 Å². The Morgan fingerprint density at radius 3 is 2.47 bits per heavy atom. The minimum absolute atomic E-state index is 0.349. The SMILES string of the molecule is CC(C)(C)OC(=O)NCc1cnc(CS)nc1. The van der Waals surface area contributed by atoms with E-state index in [1.165, 1.54) is 0 Å². The number of carbonyl (C=O) groups is 1. The number of ether oxygens (including phenoxy) is 1. The number of nitrogens with zero attached hydrogens (tertiary/aromatic N) is 2. The van der Waals surface area contributed by atoms with Crippen LogP contribution in [0.2, 0.25) is 0 Å². The van der Waals surface area contributed by atoms with E-state index < -0.39 is 11.7 Å². The maximum atomic E-state index is 11.4. The second-order valence-corrected chi connectivity index (χ2v) is 4.84. The average molecular weight is 255 g/mol. The molecular weight excluding hydrogens is 238 g/mol. The second-order valence-electron chi connectivity index (χ2n) is 4.52. The van der Waals surface area contributed by atoms with Gasteiger partial charge < -0.3 is 10.1 Å². The first-order chi connectivity index (χ1) is 7.90. The van der Waals surface area contributed by atoms with Gasteiger partial charge in [0, 0.05) is 24.5 Å². The molecule has 0 saturated heterocycles. The standard InChI is InChI=1S/C11H17N3O2S/c1-11(2,3)16-10(15)14-6-8-4-12-9(7-17)13-5-8/h4-5,17H,6-7H2,1-3H3,(H,14,15). The predicted octanol–water partition coefficient (Wildman–Crippen LogP) is 1.93. The lowest BCUT2D eigenvalue weighted by Gasteiger charge is -2.19. The fourth-order valence-electron chi connectivity index (χ4n) is 1.04. The summed E-state index contributed by atoms with van der Waals surface area (Å²) in [7, 11) is 0. The molecule has 1 aromatic rings. The first kappa shape index (κ1) is 13.8. The van der Waals surface area contributed by atoms with Crippen LogP contribution in [0.4, 0.5) is 4.79 Å². The van der Waals surface area contributed by atoms with E-state index in [1.807, 2.05) is 20.8 Å². The summed E-state index contributed by atoms with van der Waals surface area (Å²) in [6.45, 7) is 5.80. The van der Waals surface area contributed by atoms with Crippen LogP contribution < -0.4 is 5.32 Å². The van der Waals surface area contributed by atoms with Gasteiger partial charge in [-0.25, -0.2) is 14.8 Å². The quantitative estimate of drug-likeness (QED) is 0.810. The number of nitrogens with one attached hydrogen (secondary N) is 1. The van der Waals surface area contributed by atoms with Gasteiger partial charge in [0.1, 0.15) is 11.4 Å². The highest BCUT2D eigenvalue weighted by Crippen LogP contribution is 2.06. The maximum absolute atomic E-state index is 11.4. The highest BCUT2D eigenvalue weighted by Gasteiger charge is 2.15. The van der Waals surface area contributed by atoms with Crippen molar-refractivity contribution in [3.8, 4) is 0 Å². The molecule has 0 unspecified atom stereocenters. The molecule has 0 aliphatic carbocycles. The Balaban J connectivity index is 2.42. The van der Waals surface area contributed by atoms with E-state index in [9.17, 15) is 4.79 Å². The molecule has 0 aliphatic heterocycles. The summed E-state index contributed by atoms with van der Waals surface area (Å²) in [5.41, 5.74) is 0.331. The third-order valence-electron chi connectivity index (χ3n) is 1.74. The molecule has 0 radical (unpaired) electrons. The van der Waals surface area contributed by atoms with E-state index in [0.29, 0.717) is 18.1 Å². The van der Waals surface area contributed by atoms with E-state index >= 15 is 0 Å². The van der Waals surface area contributed by atoms with Crippen LogP contribution in [0.1, 0.15) is 32.2 Å². The largest absolute Gasteiger partial charge is 0.444 e. The molecule has 0 bridgehead atoms. The van der Waals surface area contributed by atoms with Crippen LogP contribution in [0.3, 0.4) is 0 Å². The summed E-state index contributed by atoms with van der Waals surface area (Å²) in [4.78, 5) is 19.5. The molecule has 1 N–H and O–H groups in total. The van der Waals surface area contributed by atoms with Crippen LogP contribution in [0.15, 0.2) is 12.4 Å². The first-order valence-corrected chi connectivity index (χ1v) is 5.91. The van der Waals surface area contributed by atoms with Crippen molar-refractivity contribution in [3.63, 3.8) is 0 Å². The van der Waals surface area contributed by atoms with Gasteiger partial charge in [0.25, 0.3) is 0 Å². The van der Waals surface area contributed by atoms with Crippen LogP contribution in [0.5, 0.6) is 0 Å². The molecule has 5 nitrogen and oxygen atoms in total. The zero-order chi connectivity index (χ0) is 12.9. The van der Waals surface area contributed by atoms with Gasteiger partial charge in [-0.1, -0.05) is 0 Å². The van der Waals surface area contributed by atoms with Crippen LogP contribution in [0, 0.1) is 0 Å². The molecule has 17 heavy (non-hydrogen) atoms. The number of rotatable bonds is 3. The normalized spacial score (nSPS) is 11.1. The predicted molar refractivity (Wildman–Crippen MR) is 67.8 cm³/mol. The summed E-state index contributed by atoms with van der Waals surface area (Å²) in [5, 5.41) is 2.63. The van der Waals surface area contributed by atoms with Gasteiger partial charge >= 0.3 is 6.09 Å². The number of hydrogen-bond donors (Lipinski definition) is 2. The molecule has 94 valence electrons. The lowest BCUT2D eigenvalue weighted by Crippen LogP contribution is -2.32. The number of aromatic nitrogens is 2. The molecule has 1 aromatic heterocycles. The molecule has 0 aliphatic rings. The van der Waals surface area contributed by atoms with Gasteiger partial charge in [0.15, 0.2) is 0 Å². The molecule has 0 spiro atoms. The topological polar surface area (TPSA) is 64.1 Å². The third kappa shape index (κ3) is 5.53. The molecule has 0 aromatic carbocycles. The fourth-order valence-corrected chi connectivity index (χ4v) is 1.21. The Bertz CT molecular complexity index is 373. The van der Waals surface area contributed by atoms with Crippen LogP contribution in [-0.2, 0) is 17.0 Å². The second kappa shape index (κ2) is 5.86. The van der Waals surface area contributed by atoms with Crippen molar-refractivity contribution in [2.24, 2.45) is 0 Å². The molecule has 0 fully saturated rings. The highest BCUT2D eigenvalue weighted by molar-refractivity contribution is 7.79. The summed E-state index contributed by atoms with van der Waals surface area (Å²) in [6, 6.07) is 0. The minimum atomic E-state index is -0.490. The van der Waals surface area contributed by atoms with E-state index in [-0.39, 0.29) is 0 Å². The Kier molecular flexibility index (Phi) is 4.74. The van der Waals surface area contributed by atoms with Gasteiger partial charge in [-0.2, -0.15) is 12.6 Å². The Labute approximate surface area is 106 Å². The van der Waals surface area contributed by atoms with Crippen molar-refractivity contribution in [3.05, 3.63) is 23.8 Å². The van der Waals surface area contributed by atoms with Crippen molar-refractivity contribution in [2.75, 3.05) is 0 Å². The molecule has 0 atom stereocenters. The summed E-state index contributed by atoms with van der Waals surface area (Å²) in [6.07, 6.45) is 2.88. The summed E-state index contributed by atoms with van der Waals surface area (Å²) >= 11 is 4.06. The van der Waals surface area contributed by atoms with Crippen molar-refractivity contribution in [1.29, 1.82) is 0 Å². The summed E-state index contributed by atoms with van der Waals surface area (Å²) in [5.74, 6) is 1.16. The molecule has 1 amide bonds. The average Bonchev–Trinajstić information content (AvgIpc) is 2.25. The Hall–Kier alpha value is -1.30. The fraction of sp³-hybridized carbons (Fsp3) is 0.545. The lowest BCUT2D eigenvalue weighted by molar-refractivity contribution is 0.0523. The number of thiol groups is 1. The highest BCUT2D eigenvalue weighted by atomic mass is 32.1. The smallest absolute Gasteiger partial charge is 0.407 e. The molecular formula is C11H17N3O2S. The molecule has 1 rings (SSSR count). The number of alkyl carbamates (subject to hydrolysis) is 1. The van der Waals surface area contributed by atoms with Crippen molar-refractivity contribution in [1.82, 2.24) is 15.3 Å². The van der Waals surface area contributed by atoms with Crippen LogP contribution in [0.25, 0.3) is 0 Å². The van der Waals surface area contributed by atoms with E-state index in [0.717, 1.165) is 5.56 Å². The zero-order valence-electron chi connectivity index (χ0n) is 10.2. The van der Waals surface area contributed by atoms with Crippen LogP contribution >= 0.6 is 12.6 Å². The lowest BCUT2D eigenvalue weighted by atomic mass is 10.2. The van der Waals surface area contributed by atoms with Crippen LogP contribution in [-0.4, -0.2) is 21.7 Å². The van der Waals surface area contributed by atoms with E-state index in [2.05, 4.69) is 27.9 Å². The molecule has 1 heterocycles. The minimum Gasteiger partial charge on any atom is -0.444 e. The van der Waals surface area contributed by atoms with E-state index in [1.54, 1.807) is 12.4 Å². The van der Waals surface area contributed by atoms with E-state index in [4.69, 9.17) is 4.74 Å². The monoisotopic (exact) mass is 255 g/mol. The van der Waals surface area contributed by atoms with Crippen molar-refractivity contribution < 1.29 is 9.53 Å².